The molecule has 0 amide bonds. The molecule has 0 aliphatic carbocycles. The predicted molar refractivity (Wildman–Crippen MR) is 122 cm³/mol. The van der Waals surface area contributed by atoms with Crippen molar-refractivity contribution < 1.29 is 18.3 Å². The topological polar surface area (TPSA) is 81.4 Å². The number of piperazine rings is 1. The number of hydrogen-bond donors (Lipinski definition) is 1. The van der Waals surface area contributed by atoms with Crippen LogP contribution in [0.15, 0.2) is 18.2 Å². The molecule has 2 aromatic heterocycles. The fourth-order valence-electron chi connectivity index (χ4n) is 4.26. The van der Waals surface area contributed by atoms with Crippen LogP contribution in [-0.2, 0) is 4.74 Å². The highest BCUT2D eigenvalue weighted by atomic mass is 32.1. The van der Waals surface area contributed by atoms with Crippen LogP contribution in [0.3, 0.4) is 0 Å². The van der Waals surface area contributed by atoms with Crippen molar-refractivity contribution in [3.8, 4) is 11.7 Å². The second-order valence-electron chi connectivity index (χ2n) is 8.06. The molecular formula is C21H25F2N7O2S. The zero-order valence-corrected chi connectivity index (χ0v) is 19.1. The minimum absolute atomic E-state index is 0.0738. The van der Waals surface area contributed by atoms with Crippen molar-refractivity contribution in [2.45, 2.75) is 25.2 Å². The Hall–Kier alpha value is -2.57. The summed E-state index contributed by atoms with van der Waals surface area (Å²) in [4.78, 5) is 20.3. The van der Waals surface area contributed by atoms with E-state index in [9.17, 15) is 8.78 Å². The van der Waals surface area contributed by atoms with Crippen molar-refractivity contribution in [1.82, 2.24) is 28.8 Å². The van der Waals surface area contributed by atoms with Gasteiger partial charge in [0, 0.05) is 45.3 Å². The Morgan fingerprint density at radius 3 is 2.45 bits per heavy atom. The van der Waals surface area contributed by atoms with E-state index in [4.69, 9.17) is 14.5 Å². The summed E-state index contributed by atoms with van der Waals surface area (Å²) < 4.78 is 42.3. The number of imidazole rings is 1. The molecule has 0 atom stereocenters. The number of anilines is 1. The summed E-state index contributed by atoms with van der Waals surface area (Å²) in [5.74, 6) is 1.27. The van der Waals surface area contributed by atoms with Crippen molar-refractivity contribution in [3.63, 3.8) is 0 Å². The molecule has 0 saturated carbocycles. The second kappa shape index (κ2) is 9.35. The average molecular weight is 478 g/mol. The van der Waals surface area contributed by atoms with Gasteiger partial charge in [-0.15, -0.1) is 0 Å². The third-order valence-electron chi connectivity index (χ3n) is 6.04. The molecule has 0 spiro atoms. The van der Waals surface area contributed by atoms with Gasteiger partial charge in [0.2, 0.25) is 11.9 Å². The molecule has 9 nitrogen and oxygen atoms in total. The Labute approximate surface area is 195 Å². The Bertz CT molecular complexity index is 1130. The molecule has 2 aliphatic rings. The number of methoxy groups -OCH3 is 1. The Morgan fingerprint density at radius 2 is 1.76 bits per heavy atom. The van der Waals surface area contributed by atoms with Crippen molar-refractivity contribution in [2.75, 3.05) is 51.4 Å². The highest BCUT2D eigenvalue weighted by molar-refractivity contribution is 7.77. The summed E-state index contributed by atoms with van der Waals surface area (Å²) in [6, 6.07) is 5.15. The molecule has 33 heavy (non-hydrogen) atoms. The zero-order valence-electron chi connectivity index (χ0n) is 18.2. The van der Waals surface area contributed by atoms with Gasteiger partial charge >= 0.3 is 0 Å². The SMILES string of the molecule is COc1cccc2c1nc(C(F)F)n2-c1nc(C2CCOCC2)nc(N2CCN(S)CC2)n1. The van der Waals surface area contributed by atoms with Crippen LogP contribution >= 0.6 is 12.8 Å². The number of halogens is 2. The number of nitrogens with zero attached hydrogens (tertiary/aromatic N) is 7. The maximum absolute atomic E-state index is 14.1. The fraction of sp³-hybridized carbons (Fsp3) is 0.524. The van der Waals surface area contributed by atoms with Crippen molar-refractivity contribution >= 4 is 29.8 Å². The lowest BCUT2D eigenvalue weighted by Gasteiger charge is -2.32. The number of alkyl halides is 2. The smallest absolute Gasteiger partial charge is 0.296 e. The van der Waals surface area contributed by atoms with Gasteiger partial charge in [-0.25, -0.2) is 18.1 Å². The highest BCUT2D eigenvalue weighted by Crippen LogP contribution is 2.33. The molecule has 0 bridgehead atoms. The highest BCUT2D eigenvalue weighted by Gasteiger charge is 2.28. The third kappa shape index (κ3) is 4.34. The lowest BCUT2D eigenvalue weighted by molar-refractivity contribution is 0.0835. The number of thiol groups is 1. The predicted octanol–water partition coefficient (Wildman–Crippen LogP) is 3.02. The van der Waals surface area contributed by atoms with Gasteiger partial charge in [0.15, 0.2) is 5.82 Å². The van der Waals surface area contributed by atoms with Crippen LogP contribution in [0.4, 0.5) is 14.7 Å². The molecule has 0 N–H and O–H groups in total. The molecule has 12 heteroatoms. The molecule has 3 aromatic rings. The van der Waals surface area contributed by atoms with Crippen LogP contribution < -0.4 is 9.64 Å². The van der Waals surface area contributed by atoms with E-state index < -0.39 is 12.2 Å². The number of fused-ring (bicyclic) bond motifs is 1. The lowest BCUT2D eigenvalue weighted by atomic mass is 10.00. The van der Waals surface area contributed by atoms with Gasteiger partial charge in [0.25, 0.3) is 6.43 Å². The van der Waals surface area contributed by atoms with Gasteiger partial charge in [-0.1, -0.05) is 18.9 Å². The van der Waals surface area contributed by atoms with E-state index in [2.05, 4.69) is 27.8 Å². The van der Waals surface area contributed by atoms with Gasteiger partial charge in [0.1, 0.15) is 17.1 Å². The van der Waals surface area contributed by atoms with E-state index in [0.29, 0.717) is 54.9 Å². The molecule has 4 heterocycles. The summed E-state index contributed by atoms with van der Waals surface area (Å²) in [6.07, 6.45) is -1.28. The Balaban J connectivity index is 1.68. The maximum atomic E-state index is 14.1. The molecule has 2 aliphatic heterocycles. The quantitative estimate of drug-likeness (QED) is 0.562. The summed E-state index contributed by atoms with van der Waals surface area (Å²) in [5.41, 5.74) is 0.800. The minimum Gasteiger partial charge on any atom is -0.494 e. The van der Waals surface area contributed by atoms with E-state index in [1.54, 1.807) is 18.2 Å². The van der Waals surface area contributed by atoms with Crippen LogP contribution in [0.25, 0.3) is 17.0 Å². The van der Waals surface area contributed by atoms with Crippen LogP contribution in [0.5, 0.6) is 5.75 Å². The third-order valence-corrected chi connectivity index (χ3v) is 6.44. The second-order valence-corrected chi connectivity index (χ2v) is 8.62. The summed E-state index contributed by atoms with van der Waals surface area (Å²) in [6.45, 7) is 4.08. The molecule has 176 valence electrons. The average Bonchev–Trinajstić information content (AvgIpc) is 3.25. The normalized spacial score (nSPS) is 18.4. The molecule has 0 radical (unpaired) electrons. The fourth-order valence-corrected chi connectivity index (χ4v) is 4.44. The first kappa shape index (κ1) is 22.2. The van der Waals surface area contributed by atoms with Crippen molar-refractivity contribution in [3.05, 3.63) is 29.8 Å². The lowest BCUT2D eigenvalue weighted by Crippen LogP contribution is -2.43. The maximum Gasteiger partial charge on any atom is 0.296 e. The number of aromatic nitrogens is 5. The largest absolute Gasteiger partial charge is 0.494 e. The van der Waals surface area contributed by atoms with E-state index in [-0.39, 0.29) is 11.9 Å². The first-order valence-electron chi connectivity index (χ1n) is 10.9. The molecule has 1 aromatic carbocycles. The molecule has 0 unspecified atom stereocenters. The summed E-state index contributed by atoms with van der Waals surface area (Å²) >= 11 is 4.41. The van der Waals surface area contributed by atoms with Gasteiger partial charge in [-0.3, -0.25) is 4.57 Å². The Morgan fingerprint density at radius 1 is 1.03 bits per heavy atom. The van der Waals surface area contributed by atoms with Gasteiger partial charge < -0.3 is 14.4 Å². The van der Waals surface area contributed by atoms with Crippen LogP contribution in [-0.4, -0.2) is 75.3 Å². The van der Waals surface area contributed by atoms with Crippen LogP contribution in [0, 0.1) is 0 Å². The number of hydrogen-bond acceptors (Lipinski definition) is 9. The monoisotopic (exact) mass is 477 g/mol. The van der Waals surface area contributed by atoms with Gasteiger partial charge in [-0.05, 0) is 25.0 Å². The number of ether oxygens (including phenoxy) is 2. The molecular weight excluding hydrogens is 452 g/mol. The van der Waals surface area contributed by atoms with Gasteiger partial charge in [0.05, 0.1) is 12.6 Å². The van der Waals surface area contributed by atoms with E-state index in [0.717, 1.165) is 25.9 Å². The van der Waals surface area contributed by atoms with E-state index in [1.165, 1.54) is 11.7 Å². The number of rotatable bonds is 5. The number of benzene rings is 1. The number of para-hydroxylation sites is 1. The first-order chi connectivity index (χ1) is 16.0. The first-order valence-corrected chi connectivity index (χ1v) is 11.3. The van der Waals surface area contributed by atoms with Crippen molar-refractivity contribution in [2.24, 2.45) is 0 Å². The molecule has 2 saturated heterocycles. The summed E-state index contributed by atoms with van der Waals surface area (Å²) in [7, 11) is 1.49. The molecule has 2 fully saturated rings. The van der Waals surface area contributed by atoms with Crippen LogP contribution in [0.1, 0.15) is 36.8 Å². The minimum atomic E-state index is -2.82. The summed E-state index contributed by atoms with van der Waals surface area (Å²) in [5, 5.41) is 0. The van der Waals surface area contributed by atoms with E-state index in [1.807, 2.05) is 9.21 Å². The van der Waals surface area contributed by atoms with E-state index >= 15 is 0 Å². The van der Waals surface area contributed by atoms with Crippen molar-refractivity contribution in [1.29, 1.82) is 0 Å². The Kier molecular flexibility index (Phi) is 6.30. The standard InChI is InChI=1S/C21H25F2N7O2S/c1-31-15-4-2-3-14-16(15)24-19(17(22)23)30(14)21-26-18(13-5-11-32-12-6-13)25-20(27-21)28-7-9-29(33)10-8-28/h2-4,13,17,33H,5-12H2,1H3. The zero-order chi connectivity index (χ0) is 22.9. The molecule has 5 rings (SSSR count). The van der Waals surface area contributed by atoms with Crippen LogP contribution in [0.2, 0.25) is 0 Å². The van der Waals surface area contributed by atoms with Gasteiger partial charge in [-0.2, -0.15) is 15.0 Å².